The number of hydrogen-bond donors (Lipinski definition) is 3. The summed E-state index contributed by atoms with van der Waals surface area (Å²) in [6.45, 7) is 1.50. The molecule has 0 unspecified atom stereocenters. The molecule has 0 spiro atoms. The van der Waals surface area contributed by atoms with Crippen LogP contribution in [0.3, 0.4) is 0 Å². The van der Waals surface area contributed by atoms with Gasteiger partial charge in [0, 0.05) is 39.1 Å². The van der Waals surface area contributed by atoms with Crippen molar-refractivity contribution in [2.75, 3.05) is 32.9 Å². The highest BCUT2D eigenvalue weighted by Gasteiger charge is 2.01. The zero-order chi connectivity index (χ0) is 18.1. The van der Waals surface area contributed by atoms with Gasteiger partial charge in [-0.3, -0.25) is 4.99 Å². The second-order valence-corrected chi connectivity index (χ2v) is 7.29. The maximum atomic E-state index is 11.0. The van der Waals surface area contributed by atoms with Crippen LogP contribution in [-0.2, 0) is 16.4 Å². The molecule has 0 amide bonds. The Bertz CT molecular complexity index is 776. The smallest absolute Gasteiger partial charge is 0.208 e. The lowest BCUT2D eigenvalue weighted by molar-refractivity contribution is 0.586. The van der Waals surface area contributed by atoms with Gasteiger partial charge in [0.1, 0.15) is 0 Å². The molecule has 0 fully saturated rings. The molecule has 0 saturated carbocycles. The Morgan fingerprint density at radius 1 is 1.15 bits per heavy atom. The van der Waals surface area contributed by atoms with Crippen molar-refractivity contribution in [3.8, 4) is 5.69 Å². The first-order valence-electron chi connectivity index (χ1n) is 7.96. The number of halogens is 1. The average molecular weight is 492 g/mol. The minimum atomic E-state index is -3.16. The molecule has 2 aromatic rings. The van der Waals surface area contributed by atoms with Crippen LogP contribution in [-0.4, -0.2) is 57.1 Å². The third-order valence-electron chi connectivity index (χ3n) is 3.42. The minimum absolute atomic E-state index is 0. The number of aliphatic imine (C=N–C) groups is 1. The molecule has 26 heavy (non-hydrogen) atoms. The lowest BCUT2D eigenvalue weighted by Crippen LogP contribution is -2.42. The fourth-order valence-electron chi connectivity index (χ4n) is 2.20. The van der Waals surface area contributed by atoms with Crippen LogP contribution < -0.4 is 15.4 Å². The molecule has 3 N–H and O–H groups in total. The molecule has 1 heterocycles. The summed E-state index contributed by atoms with van der Waals surface area (Å²) in [5.41, 5.74) is 2.23. The van der Waals surface area contributed by atoms with Gasteiger partial charge in [-0.2, -0.15) is 5.10 Å². The van der Waals surface area contributed by atoms with Gasteiger partial charge in [0.2, 0.25) is 10.0 Å². The minimum Gasteiger partial charge on any atom is -0.356 e. The first-order chi connectivity index (χ1) is 12.0. The van der Waals surface area contributed by atoms with Crippen LogP contribution in [0.4, 0.5) is 0 Å². The van der Waals surface area contributed by atoms with E-state index in [-0.39, 0.29) is 24.0 Å². The Morgan fingerprint density at radius 2 is 1.85 bits per heavy atom. The molecule has 0 aliphatic rings. The van der Waals surface area contributed by atoms with Crippen molar-refractivity contribution < 1.29 is 8.42 Å². The van der Waals surface area contributed by atoms with Gasteiger partial charge >= 0.3 is 0 Å². The van der Waals surface area contributed by atoms with Crippen LogP contribution in [0.15, 0.2) is 47.7 Å². The van der Waals surface area contributed by atoms with Crippen molar-refractivity contribution in [1.29, 1.82) is 0 Å². The third kappa shape index (κ3) is 8.15. The molecule has 2 rings (SSSR count). The number of benzene rings is 1. The fraction of sp³-hybridized carbons (Fsp3) is 0.375. The predicted octanol–water partition coefficient (Wildman–Crippen LogP) is 0.747. The van der Waals surface area contributed by atoms with Gasteiger partial charge in [0.05, 0.1) is 11.9 Å². The Labute approximate surface area is 171 Å². The van der Waals surface area contributed by atoms with Gasteiger partial charge in [-0.05, 0) is 30.2 Å². The van der Waals surface area contributed by atoms with Crippen molar-refractivity contribution in [3.05, 3.63) is 48.3 Å². The lowest BCUT2D eigenvalue weighted by atomic mass is 10.1. The summed E-state index contributed by atoms with van der Waals surface area (Å²) in [5, 5.41) is 10.5. The van der Waals surface area contributed by atoms with Crippen LogP contribution in [0.2, 0.25) is 0 Å². The maximum absolute atomic E-state index is 11.0. The summed E-state index contributed by atoms with van der Waals surface area (Å²) in [6, 6.07) is 10.1. The highest BCUT2D eigenvalue weighted by molar-refractivity contribution is 14.0. The lowest BCUT2D eigenvalue weighted by Gasteiger charge is -2.12. The molecule has 0 radical (unpaired) electrons. The maximum Gasteiger partial charge on any atom is 0.208 e. The number of nitrogens with zero attached hydrogens (tertiary/aromatic N) is 3. The van der Waals surface area contributed by atoms with Crippen molar-refractivity contribution >= 4 is 40.0 Å². The summed E-state index contributed by atoms with van der Waals surface area (Å²) in [7, 11) is -1.48. The van der Waals surface area contributed by atoms with E-state index in [1.165, 1.54) is 5.56 Å². The topological polar surface area (TPSA) is 100 Å². The van der Waals surface area contributed by atoms with Gasteiger partial charge in [0.25, 0.3) is 0 Å². The number of rotatable bonds is 8. The molecule has 1 aromatic carbocycles. The molecular weight excluding hydrogens is 467 g/mol. The number of guanidine groups is 1. The molecular formula is C16H25IN6O2S. The first kappa shape index (κ1) is 22.4. The van der Waals surface area contributed by atoms with Gasteiger partial charge in [-0.25, -0.2) is 17.8 Å². The van der Waals surface area contributed by atoms with Crippen LogP contribution >= 0.6 is 24.0 Å². The van der Waals surface area contributed by atoms with E-state index in [1.54, 1.807) is 13.2 Å². The summed E-state index contributed by atoms with van der Waals surface area (Å²) < 4.78 is 26.2. The van der Waals surface area contributed by atoms with Crippen LogP contribution in [0, 0.1) is 0 Å². The summed E-state index contributed by atoms with van der Waals surface area (Å²) in [4.78, 5) is 4.11. The number of hydrogen-bond acceptors (Lipinski definition) is 4. The number of sulfonamides is 1. The molecule has 144 valence electrons. The normalized spacial score (nSPS) is 11.7. The van der Waals surface area contributed by atoms with E-state index in [1.807, 2.05) is 29.1 Å². The van der Waals surface area contributed by atoms with Gasteiger partial charge < -0.3 is 10.6 Å². The van der Waals surface area contributed by atoms with Crippen molar-refractivity contribution in [2.45, 2.75) is 6.42 Å². The van der Waals surface area contributed by atoms with E-state index < -0.39 is 10.0 Å². The highest BCUT2D eigenvalue weighted by atomic mass is 127. The molecule has 8 nitrogen and oxygen atoms in total. The average Bonchev–Trinajstić information content (AvgIpc) is 3.11. The Balaban J connectivity index is 0.00000338. The standard InChI is InChI=1S/C16H24N6O2S.HI/c1-17-16(19-11-12-21-25(2,23)24)18-10-8-14-4-6-15(7-5-14)22-13-3-9-20-22;/h3-7,9,13,21H,8,10-12H2,1-2H3,(H2,17,18,19);1H. The predicted molar refractivity (Wildman–Crippen MR) is 115 cm³/mol. The largest absolute Gasteiger partial charge is 0.356 e. The van der Waals surface area contributed by atoms with Crippen molar-refractivity contribution in [3.63, 3.8) is 0 Å². The Hall–Kier alpha value is -1.66. The van der Waals surface area contributed by atoms with E-state index in [9.17, 15) is 8.42 Å². The molecule has 0 aliphatic carbocycles. The second kappa shape index (κ2) is 11.1. The quantitative estimate of drug-likeness (QED) is 0.219. The SMILES string of the molecule is CN=C(NCCNS(C)(=O)=O)NCCc1ccc(-n2cccn2)cc1.I. The summed E-state index contributed by atoms with van der Waals surface area (Å²) in [5.74, 6) is 0.642. The highest BCUT2D eigenvalue weighted by Crippen LogP contribution is 2.08. The molecule has 0 aliphatic heterocycles. The van der Waals surface area contributed by atoms with E-state index in [2.05, 4.69) is 37.6 Å². The molecule has 1 aromatic heterocycles. The van der Waals surface area contributed by atoms with Gasteiger partial charge in [0.15, 0.2) is 5.96 Å². The van der Waals surface area contributed by atoms with E-state index in [0.29, 0.717) is 19.0 Å². The zero-order valence-electron chi connectivity index (χ0n) is 14.8. The Kier molecular flexibility index (Phi) is 9.59. The van der Waals surface area contributed by atoms with Gasteiger partial charge in [-0.1, -0.05) is 12.1 Å². The zero-order valence-corrected chi connectivity index (χ0v) is 18.0. The van der Waals surface area contributed by atoms with Crippen molar-refractivity contribution in [1.82, 2.24) is 25.1 Å². The molecule has 10 heteroatoms. The van der Waals surface area contributed by atoms with Crippen LogP contribution in [0.25, 0.3) is 5.69 Å². The van der Waals surface area contributed by atoms with Gasteiger partial charge in [-0.15, -0.1) is 24.0 Å². The van der Waals surface area contributed by atoms with Crippen LogP contribution in [0.5, 0.6) is 0 Å². The molecule has 0 saturated heterocycles. The number of nitrogens with one attached hydrogen (secondary N) is 3. The second-order valence-electron chi connectivity index (χ2n) is 5.46. The van der Waals surface area contributed by atoms with E-state index in [4.69, 9.17) is 0 Å². The summed E-state index contributed by atoms with van der Waals surface area (Å²) >= 11 is 0. The van der Waals surface area contributed by atoms with Crippen LogP contribution in [0.1, 0.15) is 5.56 Å². The Morgan fingerprint density at radius 3 is 2.42 bits per heavy atom. The third-order valence-corrected chi connectivity index (χ3v) is 4.15. The van der Waals surface area contributed by atoms with Crippen molar-refractivity contribution in [2.24, 2.45) is 4.99 Å². The van der Waals surface area contributed by atoms with E-state index in [0.717, 1.165) is 24.9 Å². The summed E-state index contributed by atoms with van der Waals surface area (Å²) in [6.07, 6.45) is 5.64. The monoisotopic (exact) mass is 492 g/mol. The fourth-order valence-corrected chi connectivity index (χ4v) is 2.67. The molecule has 0 atom stereocenters. The van der Waals surface area contributed by atoms with E-state index >= 15 is 0 Å². The number of aromatic nitrogens is 2. The first-order valence-corrected chi connectivity index (χ1v) is 9.85. The molecule has 0 bridgehead atoms.